The lowest BCUT2D eigenvalue weighted by Gasteiger charge is -2.14. The largest absolute Gasteiger partial charge is 0.492 e. The average molecular weight is 310 g/mol. The summed E-state index contributed by atoms with van der Waals surface area (Å²) < 4.78 is 8.66. The Labute approximate surface area is 129 Å². The molecular weight excluding hydrogens is 288 g/mol. The fourth-order valence-electron chi connectivity index (χ4n) is 2.36. The Bertz CT molecular complexity index is 618. The van der Waals surface area contributed by atoms with Crippen LogP contribution in [0.3, 0.4) is 0 Å². The first-order valence-electron chi connectivity index (χ1n) is 7.12. The van der Waals surface area contributed by atoms with Crippen LogP contribution in [0.15, 0.2) is 18.2 Å². The van der Waals surface area contributed by atoms with Gasteiger partial charge in [-0.2, -0.15) is 11.8 Å². The van der Waals surface area contributed by atoms with Gasteiger partial charge >= 0.3 is 0 Å². The third kappa shape index (κ3) is 3.20. The quantitative estimate of drug-likeness (QED) is 0.588. The minimum absolute atomic E-state index is 0.396. The third-order valence-electron chi connectivity index (χ3n) is 3.34. The third-order valence-corrected chi connectivity index (χ3v) is 4.57. The first-order valence-corrected chi connectivity index (χ1v) is 8.69. The van der Waals surface area contributed by atoms with Gasteiger partial charge in [0.05, 0.1) is 12.1 Å². The van der Waals surface area contributed by atoms with Crippen molar-refractivity contribution in [1.29, 1.82) is 0 Å². The predicted molar refractivity (Wildman–Crippen MR) is 90.6 cm³/mol. The van der Waals surface area contributed by atoms with E-state index in [4.69, 9.17) is 17.0 Å². The molecule has 1 atom stereocenters. The van der Waals surface area contributed by atoms with E-state index in [1.807, 2.05) is 30.8 Å². The standard InChI is InChI=1S/C15H22N2OS2/c1-4-18-13-8-6-7-12-14(13)16-15(19)17(12)11(3)9-10-20-5-2/h6-8,11H,4-5,9-10H2,1-3H3,(H,16,19). The van der Waals surface area contributed by atoms with Crippen LogP contribution in [0.25, 0.3) is 11.0 Å². The number of nitrogens with one attached hydrogen (secondary N) is 1. The summed E-state index contributed by atoms with van der Waals surface area (Å²) in [7, 11) is 0. The molecule has 1 heterocycles. The van der Waals surface area contributed by atoms with Gasteiger partial charge in [-0.05, 0) is 56.1 Å². The molecule has 0 amide bonds. The lowest BCUT2D eigenvalue weighted by molar-refractivity contribution is 0.343. The lowest BCUT2D eigenvalue weighted by atomic mass is 10.2. The van der Waals surface area contributed by atoms with Crippen molar-refractivity contribution < 1.29 is 4.74 Å². The minimum atomic E-state index is 0.396. The van der Waals surface area contributed by atoms with Crippen LogP contribution in [0, 0.1) is 4.77 Å². The second-order valence-corrected chi connectivity index (χ2v) is 6.50. The van der Waals surface area contributed by atoms with E-state index >= 15 is 0 Å². The van der Waals surface area contributed by atoms with E-state index < -0.39 is 0 Å². The molecule has 5 heteroatoms. The maximum atomic E-state index is 5.67. The zero-order valence-corrected chi connectivity index (χ0v) is 13.9. The molecule has 0 aliphatic heterocycles. The maximum Gasteiger partial charge on any atom is 0.178 e. The first kappa shape index (κ1) is 15.4. The summed E-state index contributed by atoms with van der Waals surface area (Å²) in [6, 6.07) is 6.51. The summed E-state index contributed by atoms with van der Waals surface area (Å²) in [6.45, 7) is 7.08. The number of benzene rings is 1. The van der Waals surface area contributed by atoms with Crippen LogP contribution in [0.2, 0.25) is 0 Å². The molecule has 2 aromatic rings. The van der Waals surface area contributed by atoms with Gasteiger partial charge in [-0.25, -0.2) is 0 Å². The van der Waals surface area contributed by atoms with Crippen LogP contribution in [-0.2, 0) is 0 Å². The molecule has 20 heavy (non-hydrogen) atoms. The van der Waals surface area contributed by atoms with E-state index in [0.29, 0.717) is 12.6 Å². The SMILES string of the molecule is CCOc1cccc2c1[nH]c(=S)n2C(C)CCSCC. The maximum absolute atomic E-state index is 5.67. The number of nitrogens with zero attached hydrogens (tertiary/aromatic N) is 1. The van der Waals surface area contributed by atoms with E-state index in [2.05, 4.69) is 29.5 Å². The van der Waals surface area contributed by atoms with Crippen molar-refractivity contribution in [3.8, 4) is 5.75 Å². The lowest BCUT2D eigenvalue weighted by Crippen LogP contribution is -2.06. The van der Waals surface area contributed by atoms with E-state index in [1.165, 1.54) is 5.75 Å². The highest BCUT2D eigenvalue weighted by Gasteiger charge is 2.13. The summed E-state index contributed by atoms with van der Waals surface area (Å²) in [5.74, 6) is 3.21. The van der Waals surface area contributed by atoms with Crippen molar-refractivity contribution in [2.75, 3.05) is 18.1 Å². The molecule has 0 aliphatic rings. The van der Waals surface area contributed by atoms with E-state index in [0.717, 1.165) is 33.7 Å². The molecule has 0 saturated heterocycles. The minimum Gasteiger partial charge on any atom is -0.492 e. The van der Waals surface area contributed by atoms with Crippen molar-refractivity contribution in [3.05, 3.63) is 23.0 Å². The van der Waals surface area contributed by atoms with Crippen molar-refractivity contribution in [1.82, 2.24) is 9.55 Å². The topological polar surface area (TPSA) is 29.9 Å². The smallest absolute Gasteiger partial charge is 0.178 e. The molecule has 0 aliphatic carbocycles. The zero-order chi connectivity index (χ0) is 14.5. The first-order chi connectivity index (χ1) is 9.69. The highest BCUT2D eigenvalue weighted by Crippen LogP contribution is 2.28. The number of rotatable bonds is 7. The second kappa shape index (κ2) is 7.18. The molecule has 1 N–H and O–H groups in total. The van der Waals surface area contributed by atoms with Crippen LogP contribution in [0.5, 0.6) is 5.75 Å². The molecule has 0 bridgehead atoms. The fourth-order valence-corrected chi connectivity index (χ4v) is 3.54. The molecule has 0 saturated carbocycles. The number of thioether (sulfide) groups is 1. The van der Waals surface area contributed by atoms with Gasteiger partial charge in [0.2, 0.25) is 0 Å². The summed E-state index contributed by atoms with van der Waals surface area (Å²) in [6.07, 6.45) is 1.12. The number of hydrogen-bond donors (Lipinski definition) is 1. The van der Waals surface area contributed by atoms with Gasteiger partial charge in [0, 0.05) is 6.04 Å². The van der Waals surface area contributed by atoms with Crippen LogP contribution in [-0.4, -0.2) is 27.7 Å². The average Bonchev–Trinajstić information content (AvgIpc) is 2.76. The second-order valence-electron chi connectivity index (χ2n) is 4.72. The van der Waals surface area contributed by atoms with Crippen LogP contribution in [0.4, 0.5) is 0 Å². The molecular formula is C15H22N2OS2. The normalized spacial score (nSPS) is 12.8. The van der Waals surface area contributed by atoms with E-state index in [-0.39, 0.29) is 0 Å². The van der Waals surface area contributed by atoms with Crippen LogP contribution in [0.1, 0.15) is 33.2 Å². The number of fused-ring (bicyclic) bond motifs is 1. The molecule has 0 radical (unpaired) electrons. The Morgan fingerprint density at radius 1 is 1.40 bits per heavy atom. The molecule has 2 rings (SSSR count). The van der Waals surface area contributed by atoms with Gasteiger partial charge in [0.1, 0.15) is 11.3 Å². The van der Waals surface area contributed by atoms with Gasteiger partial charge in [-0.15, -0.1) is 0 Å². The summed E-state index contributed by atoms with van der Waals surface area (Å²) in [5, 5.41) is 0. The van der Waals surface area contributed by atoms with Crippen LogP contribution < -0.4 is 4.74 Å². The van der Waals surface area contributed by atoms with Gasteiger partial charge in [0.15, 0.2) is 4.77 Å². The molecule has 0 fully saturated rings. The fraction of sp³-hybridized carbons (Fsp3) is 0.533. The van der Waals surface area contributed by atoms with Gasteiger partial charge in [0.25, 0.3) is 0 Å². The highest BCUT2D eigenvalue weighted by atomic mass is 32.2. The van der Waals surface area contributed by atoms with Crippen molar-refractivity contribution in [2.24, 2.45) is 0 Å². The Kier molecular flexibility index (Phi) is 5.54. The molecule has 1 aromatic heterocycles. The number of aromatic amines is 1. The van der Waals surface area contributed by atoms with Gasteiger partial charge in [-0.1, -0.05) is 13.0 Å². The van der Waals surface area contributed by atoms with E-state index in [1.54, 1.807) is 0 Å². The molecule has 1 unspecified atom stereocenters. The number of aromatic nitrogens is 2. The van der Waals surface area contributed by atoms with Crippen molar-refractivity contribution in [3.63, 3.8) is 0 Å². The Morgan fingerprint density at radius 2 is 2.20 bits per heavy atom. The Hall–Kier alpha value is -0.940. The van der Waals surface area contributed by atoms with Crippen molar-refractivity contribution >= 4 is 35.0 Å². The number of ether oxygens (including phenoxy) is 1. The Balaban J connectivity index is 2.36. The van der Waals surface area contributed by atoms with Gasteiger partial charge < -0.3 is 14.3 Å². The summed E-state index contributed by atoms with van der Waals surface area (Å²) >= 11 is 7.47. The number of para-hydroxylation sites is 1. The number of imidazole rings is 1. The van der Waals surface area contributed by atoms with Gasteiger partial charge in [-0.3, -0.25) is 0 Å². The molecule has 0 spiro atoms. The molecule has 3 nitrogen and oxygen atoms in total. The molecule has 1 aromatic carbocycles. The van der Waals surface area contributed by atoms with Crippen LogP contribution >= 0.6 is 24.0 Å². The summed E-state index contributed by atoms with van der Waals surface area (Å²) in [4.78, 5) is 3.30. The number of hydrogen-bond acceptors (Lipinski definition) is 3. The van der Waals surface area contributed by atoms with Crippen molar-refractivity contribution in [2.45, 2.75) is 33.2 Å². The summed E-state index contributed by atoms with van der Waals surface area (Å²) in [5.41, 5.74) is 2.14. The molecule has 110 valence electrons. The zero-order valence-electron chi connectivity index (χ0n) is 12.3. The number of H-pyrrole nitrogens is 1. The monoisotopic (exact) mass is 310 g/mol. The Morgan fingerprint density at radius 3 is 2.90 bits per heavy atom. The highest BCUT2D eigenvalue weighted by molar-refractivity contribution is 7.99. The van der Waals surface area contributed by atoms with E-state index in [9.17, 15) is 0 Å². The predicted octanol–water partition coefficient (Wildman–Crippen LogP) is 4.80.